The number of aromatic nitrogens is 3. The molecular formula is C14H16BClN3O. The Kier molecular flexibility index (Phi) is 3.54. The molecule has 0 spiro atoms. The molecule has 1 radical (unpaired) electrons. The second-order valence-corrected chi connectivity index (χ2v) is 5.66. The molecule has 1 aliphatic carbocycles. The summed E-state index contributed by atoms with van der Waals surface area (Å²) < 4.78 is 1.83. The van der Waals surface area contributed by atoms with Crippen molar-refractivity contribution < 1.29 is 0 Å². The van der Waals surface area contributed by atoms with Crippen LogP contribution < -0.4 is 11.0 Å². The second-order valence-electron chi connectivity index (χ2n) is 5.32. The molecule has 1 fully saturated rings. The van der Waals surface area contributed by atoms with Crippen LogP contribution >= 0.6 is 11.6 Å². The smallest absolute Gasteiger partial charge is 0.246 e. The van der Waals surface area contributed by atoms with Crippen molar-refractivity contribution in [2.45, 2.75) is 45.5 Å². The maximum absolute atomic E-state index is 12.8. The molecule has 2 heterocycles. The van der Waals surface area contributed by atoms with E-state index in [4.69, 9.17) is 11.6 Å². The largest absolute Gasteiger partial charge is 0.290 e. The van der Waals surface area contributed by atoms with Gasteiger partial charge in [-0.2, -0.15) is 4.98 Å². The lowest BCUT2D eigenvalue weighted by atomic mass is 9.71. The van der Waals surface area contributed by atoms with Crippen LogP contribution in [0.2, 0.25) is 12.1 Å². The van der Waals surface area contributed by atoms with Gasteiger partial charge >= 0.3 is 0 Å². The minimum atomic E-state index is 0.0409. The van der Waals surface area contributed by atoms with E-state index in [0.717, 1.165) is 42.1 Å². The molecule has 0 saturated heterocycles. The van der Waals surface area contributed by atoms with Crippen LogP contribution in [0.15, 0.2) is 11.0 Å². The van der Waals surface area contributed by atoms with E-state index in [-0.39, 0.29) is 16.9 Å². The van der Waals surface area contributed by atoms with Gasteiger partial charge in [-0.1, -0.05) is 19.7 Å². The van der Waals surface area contributed by atoms with Gasteiger partial charge in [-0.3, -0.25) is 9.36 Å². The van der Waals surface area contributed by atoms with Gasteiger partial charge < -0.3 is 0 Å². The Morgan fingerprint density at radius 2 is 2.10 bits per heavy atom. The molecule has 6 heteroatoms. The average Bonchev–Trinajstić information content (AvgIpc) is 2.93. The third-order valence-corrected chi connectivity index (χ3v) is 4.39. The molecule has 0 bridgehead atoms. The lowest BCUT2D eigenvalue weighted by Crippen LogP contribution is -2.41. The summed E-state index contributed by atoms with van der Waals surface area (Å²) in [6.45, 7) is 3.83. The number of hydrogen-bond donors (Lipinski definition) is 0. The Labute approximate surface area is 123 Å². The zero-order chi connectivity index (χ0) is 14.3. The van der Waals surface area contributed by atoms with E-state index in [1.165, 1.54) is 0 Å². The number of fused-ring (bicyclic) bond motifs is 1. The summed E-state index contributed by atoms with van der Waals surface area (Å²) in [4.78, 5) is 21.1. The number of hydrogen-bond acceptors (Lipinski definition) is 3. The SMILES string of the molecule is C[B]c1c(C)c2cnc(Cl)nc2n(C2CCCC2)c1=O. The molecule has 0 N–H and O–H groups in total. The van der Waals surface area contributed by atoms with Gasteiger partial charge in [-0.15, -0.1) is 0 Å². The Hall–Kier alpha value is -1.36. The topological polar surface area (TPSA) is 47.8 Å². The highest BCUT2D eigenvalue weighted by Gasteiger charge is 2.23. The zero-order valence-corrected chi connectivity index (χ0v) is 12.4. The highest BCUT2D eigenvalue weighted by atomic mass is 35.5. The lowest BCUT2D eigenvalue weighted by Gasteiger charge is -2.19. The molecule has 0 aliphatic heterocycles. The molecule has 4 nitrogen and oxygen atoms in total. The van der Waals surface area contributed by atoms with Crippen LogP contribution in [0.3, 0.4) is 0 Å². The van der Waals surface area contributed by atoms with E-state index in [0.29, 0.717) is 5.65 Å². The first-order valence-corrected chi connectivity index (χ1v) is 7.38. The third-order valence-electron chi connectivity index (χ3n) is 4.20. The summed E-state index contributed by atoms with van der Waals surface area (Å²) in [6, 6.07) is 0.232. The van der Waals surface area contributed by atoms with Gasteiger partial charge in [0.15, 0.2) is 7.28 Å². The molecule has 2 aromatic rings. The maximum Gasteiger partial charge on any atom is 0.246 e. The summed E-state index contributed by atoms with van der Waals surface area (Å²) in [7, 11) is 1.87. The Morgan fingerprint density at radius 1 is 1.40 bits per heavy atom. The average molecular weight is 289 g/mol. The minimum Gasteiger partial charge on any atom is -0.290 e. The highest BCUT2D eigenvalue weighted by Crippen LogP contribution is 2.30. The summed E-state index contributed by atoms with van der Waals surface area (Å²) >= 11 is 5.93. The number of pyridine rings is 1. The van der Waals surface area contributed by atoms with Gasteiger partial charge in [0.2, 0.25) is 10.8 Å². The highest BCUT2D eigenvalue weighted by molar-refractivity contribution is 6.52. The molecule has 2 aromatic heterocycles. The Balaban J connectivity index is 2.40. The number of aryl methyl sites for hydroxylation is 1. The fraction of sp³-hybridized carbons (Fsp3) is 0.500. The van der Waals surface area contributed by atoms with Gasteiger partial charge in [0.1, 0.15) is 5.65 Å². The van der Waals surface area contributed by atoms with E-state index < -0.39 is 0 Å². The molecule has 1 aliphatic rings. The minimum absolute atomic E-state index is 0.0409. The van der Waals surface area contributed by atoms with Crippen LogP contribution in [0.1, 0.15) is 37.3 Å². The summed E-state index contributed by atoms with van der Waals surface area (Å²) in [5.41, 5.74) is 2.39. The van der Waals surface area contributed by atoms with E-state index in [1.807, 2.05) is 25.6 Å². The van der Waals surface area contributed by atoms with Crippen molar-refractivity contribution in [3.63, 3.8) is 0 Å². The molecular weight excluding hydrogens is 272 g/mol. The molecule has 1 saturated carbocycles. The van der Waals surface area contributed by atoms with Crippen LogP contribution in [0.4, 0.5) is 0 Å². The monoisotopic (exact) mass is 288 g/mol. The van der Waals surface area contributed by atoms with Crippen molar-refractivity contribution in [3.8, 4) is 0 Å². The van der Waals surface area contributed by atoms with Crippen LogP contribution in [-0.4, -0.2) is 21.8 Å². The summed E-state index contributed by atoms with van der Waals surface area (Å²) in [5.74, 6) is 0. The van der Waals surface area contributed by atoms with Gasteiger partial charge in [0.25, 0.3) is 0 Å². The standard InChI is InChI=1S/C14H16BClN3O/c1-8-10-7-17-14(16)18-12(10)19(9-5-3-4-6-9)13(20)11(8)15-2/h7,9H,3-6H2,1-2H3. The molecule has 20 heavy (non-hydrogen) atoms. The fourth-order valence-corrected chi connectivity index (χ4v) is 3.30. The predicted molar refractivity (Wildman–Crippen MR) is 82.3 cm³/mol. The molecule has 103 valence electrons. The predicted octanol–water partition coefficient (Wildman–Crippen LogP) is 2.25. The van der Waals surface area contributed by atoms with E-state index in [2.05, 4.69) is 9.97 Å². The summed E-state index contributed by atoms with van der Waals surface area (Å²) in [6.07, 6.45) is 6.11. The molecule has 3 rings (SSSR count). The molecule has 0 amide bonds. The van der Waals surface area contributed by atoms with Crippen molar-refractivity contribution in [2.24, 2.45) is 0 Å². The van der Waals surface area contributed by atoms with Gasteiger partial charge in [-0.25, -0.2) is 4.98 Å². The Bertz CT molecular complexity index is 722. The number of halogens is 1. The van der Waals surface area contributed by atoms with Crippen LogP contribution in [-0.2, 0) is 0 Å². The Morgan fingerprint density at radius 3 is 2.75 bits per heavy atom. The molecule has 0 atom stereocenters. The normalized spacial score (nSPS) is 15.9. The third kappa shape index (κ3) is 2.04. The van der Waals surface area contributed by atoms with E-state index in [9.17, 15) is 4.79 Å². The van der Waals surface area contributed by atoms with Crippen LogP contribution in [0.5, 0.6) is 0 Å². The van der Waals surface area contributed by atoms with Crippen molar-refractivity contribution in [1.29, 1.82) is 0 Å². The van der Waals surface area contributed by atoms with E-state index >= 15 is 0 Å². The first-order valence-electron chi connectivity index (χ1n) is 7.00. The fourth-order valence-electron chi connectivity index (χ4n) is 3.17. The maximum atomic E-state index is 12.8. The molecule has 0 unspecified atom stereocenters. The van der Waals surface area contributed by atoms with Gasteiger partial charge in [-0.05, 0) is 42.4 Å². The second kappa shape index (κ2) is 5.21. The van der Waals surface area contributed by atoms with E-state index in [1.54, 1.807) is 6.20 Å². The van der Waals surface area contributed by atoms with Gasteiger partial charge in [0, 0.05) is 17.6 Å². The van der Waals surface area contributed by atoms with Crippen molar-refractivity contribution >= 4 is 35.4 Å². The lowest BCUT2D eigenvalue weighted by molar-refractivity contribution is 0.517. The van der Waals surface area contributed by atoms with Crippen LogP contribution in [0, 0.1) is 6.92 Å². The van der Waals surface area contributed by atoms with Crippen molar-refractivity contribution in [2.75, 3.05) is 0 Å². The first-order chi connectivity index (χ1) is 9.63. The van der Waals surface area contributed by atoms with Crippen molar-refractivity contribution in [3.05, 3.63) is 27.4 Å². The van der Waals surface area contributed by atoms with Crippen LogP contribution in [0.25, 0.3) is 11.0 Å². The first kappa shape index (κ1) is 13.6. The zero-order valence-electron chi connectivity index (χ0n) is 11.7. The van der Waals surface area contributed by atoms with Gasteiger partial charge in [0.05, 0.1) is 0 Å². The van der Waals surface area contributed by atoms with Crippen molar-refractivity contribution in [1.82, 2.24) is 14.5 Å². The summed E-state index contributed by atoms with van der Waals surface area (Å²) in [5, 5.41) is 1.10. The number of rotatable bonds is 2. The number of nitrogens with zero attached hydrogens (tertiary/aromatic N) is 3. The molecule has 0 aromatic carbocycles. The quantitative estimate of drug-likeness (QED) is 0.629.